The van der Waals surface area contributed by atoms with E-state index in [4.69, 9.17) is 9.47 Å². The summed E-state index contributed by atoms with van der Waals surface area (Å²) >= 11 is 0. The van der Waals surface area contributed by atoms with Gasteiger partial charge in [0.2, 0.25) is 0 Å². The van der Waals surface area contributed by atoms with Crippen molar-refractivity contribution in [2.75, 3.05) is 7.11 Å². The van der Waals surface area contributed by atoms with Crippen LogP contribution in [0.3, 0.4) is 0 Å². The van der Waals surface area contributed by atoms with E-state index in [0.717, 1.165) is 0 Å². The molecule has 3 N–H and O–H groups in total. The van der Waals surface area contributed by atoms with Gasteiger partial charge >= 0.3 is 5.97 Å². The Labute approximate surface area is 113 Å². The van der Waals surface area contributed by atoms with Crippen LogP contribution in [0.2, 0.25) is 0 Å². The third-order valence-electron chi connectivity index (χ3n) is 4.16. The van der Waals surface area contributed by atoms with Crippen molar-refractivity contribution in [2.45, 2.75) is 57.7 Å². The number of hydrogen-bond donors (Lipinski definition) is 3. The van der Waals surface area contributed by atoms with Gasteiger partial charge in [-0.05, 0) is 13.3 Å². The lowest BCUT2D eigenvalue weighted by Gasteiger charge is -2.36. The smallest absolute Gasteiger partial charge is 0.364 e. The maximum absolute atomic E-state index is 11.4. The molecular formula is C13H24O6. The van der Waals surface area contributed by atoms with Crippen LogP contribution in [0.15, 0.2) is 0 Å². The van der Waals surface area contributed by atoms with Crippen LogP contribution in [0.1, 0.15) is 33.6 Å². The minimum atomic E-state index is -1.75. The van der Waals surface area contributed by atoms with Crippen molar-refractivity contribution in [1.29, 1.82) is 0 Å². The van der Waals surface area contributed by atoms with E-state index in [1.165, 1.54) is 7.11 Å². The van der Waals surface area contributed by atoms with Gasteiger partial charge in [0.15, 0.2) is 0 Å². The quantitative estimate of drug-likeness (QED) is 0.696. The molecule has 6 atom stereocenters. The Bertz CT molecular complexity index is 318. The van der Waals surface area contributed by atoms with Crippen LogP contribution >= 0.6 is 0 Å². The van der Waals surface area contributed by atoms with Gasteiger partial charge in [-0.3, -0.25) is 0 Å². The molecular weight excluding hydrogens is 252 g/mol. The summed E-state index contributed by atoms with van der Waals surface area (Å²) in [6, 6.07) is 0. The first-order chi connectivity index (χ1) is 8.75. The summed E-state index contributed by atoms with van der Waals surface area (Å²) in [6.45, 7) is 5.18. The fourth-order valence-corrected chi connectivity index (χ4v) is 2.46. The standard InChI is InChI=1S/C13H24O6/c1-7(9(3)14)11-8(2)10(15)5-6-13(18-4,19-11)12(16)17/h7-11,14-15H,5-6H2,1-4H3,(H,16,17). The topological polar surface area (TPSA) is 96.2 Å². The molecule has 112 valence electrons. The van der Waals surface area contributed by atoms with Crippen LogP contribution in [-0.2, 0) is 14.3 Å². The zero-order valence-electron chi connectivity index (χ0n) is 11.9. The molecule has 0 saturated carbocycles. The van der Waals surface area contributed by atoms with E-state index in [-0.39, 0.29) is 24.7 Å². The number of carboxylic acids is 1. The molecule has 6 unspecified atom stereocenters. The number of hydrogen-bond acceptors (Lipinski definition) is 5. The van der Waals surface area contributed by atoms with E-state index in [0.29, 0.717) is 0 Å². The number of ether oxygens (including phenoxy) is 2. The molecule has 0 spiro atoms. The molecule has 0 radical (unpaired) electrons. The second-order valence-electron chi connectivity index (χ2n) is 5.41. The van der Waals surface area contributed by atoms with Crippen LogP contribution in [0.5, 0.6) is 0 Å². The average Bonchev–Trinajstić information content (AvgIpc) is 2.48. The van der Waals surface area contributed by atoms with Gasteiger partial charge in [-0.15, -0.1) is 0 Å². The highest BCUT2D eigenvalue weighted by Crippen LogP contribution is 2.36. The lowest BCUT2D eigenvalue weighted by atomic mass is 9.86. The highest BCUT2D eigenvalue weighted by Gasteiger charge is 2.49. The van der Waals surface area contributed by atoms with Gasteiger partial charge in [-0.25, -0.2) is 4.79 Å². The first kappa shape index (κ1) is 16.4. The highest BCUT2D eigenvalue weighted by molar-refractivity contribution is 5.75. The summed E-state index contributed by atoms with van der Waals surface area (Å²) in [5, 5.41) is 29.1. The number of aliphatic hydroxyl groups excluding tert-OH is 2. The van der Waals surface area contributed by atoms with Gasteiger partial charge in [0, 0.05) is 25.4 Å². The molecule has 1 fully saturated rings. The predicted molar refractivity (Wildman–Crippen MR) is 67.5 cm³/mol. The average molecular weight is 276 g/mol. The third-order valence-corrected chi connectivity index (χ3v) is 4.16. The minimum Gasteiger partial charge on any atom is -0.477 e. The predicted octanol–water partition coefficient (Wildman–Crippen LogP) is 0.607. The van der Waals surface area contributed by atoms with Crippen LogP contribution < -0.4 is 0 Å². The van der Waals surface area contributed by atoms with E-state index in [1.807, 2.05) is 0 Å². The third kappa shape index (κ3) is 3.25. The fourth-order valence-electron chi connectivity index (χ4n) is 2.46. The van der Waals surface area contributed by atoms with Crippen LogP contribution in [0, 0.1) is 11.8 Å². The Hall–Kier alpha value is -0.690. The monoisotopic (exact) mass is 276 g/mol. The van der Waals surface area contributed by atoms with E-state index in [9.17, 15) is 20.1 Å². The van der Waals surface area contributed by atoms with Crippen molar-refractivity contribution in [3.05, 3.63) is 0 Å². The van der Waals surface area contributed by atoms with E-state index in [2.05, 4.69) is 0 Å². The first-order valence-corrected chi connectivity index (χ1v) is 6.57. The summed E-state index contributed by atoms with van der Waals surface area (Å²) in [7, 11) is 1.28. The molecule has 0 aliphatic carbocycles. The maximum Gasteiger partial charge on any atom is 0.364 e. The number of carbonyl (C=O) groups is 1. The molecule has 1 aliphatic heterocycles. The van der Waals surface area contributed by atoms with Gasteiger partial charge in [0.1, 0.15) is 0 Å². The van der Waals surface area contributed by atoms with Crippen molar-refractivity contribution >= 4 is 5.97 Å². The molecule has 0 amide bonds. The molecule has 0 bridgehead atoms. The van der Waals surface area contributed by atoms with Crippen LogP contribution in [-0.4, -0.2) is 52.5 Å². The molecule has 1 aliphatic rings. The van der Waals surface area contributed by atoms with Crippen molar-refractivity contribution in [1.82, 2.24) is 0 Å². The summed E-state index contributed by atoms with van der Waals surface area (Å²) in [5.41, 5.74) is 0. The van der Waals surface area contributed by atoms with Gasteiger partial charge in [0.25, 0.3) is 5.79 Å². The Morgan fingerprint density at radius 1 is 1.47 bits per heavy atom. The van der Waals surface area contributed by atoms with Crippen molar-refractivity contribution in [3.63, 3.8) is 0 Å². The minimum absolute atomic E-state index is 0.0768. The SMILES string of the molecule is COC1(C(=O)O)CCC(O)C(C)C(C(C)C(C)O)O1. The van der Waals surface area contributed by atoms with Gasteiger partial charge in [-0.1, -0.05) is 13.8 Å². The zero-order chi connectivity index (χ0) is 14.8. The molecule has 0 aromatic rings. The largest absolute Gasteiger partial charge is 0.477 e. The molecule has 19 heavy (non-hydrogen) atoms. The molecule has 0 aromatic carbocycles. The first-order valence-electron chi connectivity index (χ1n) is 6.57. The number of carboxylic acid groups (broad SMARTS) is 1. The summed E-state index contributed by atoms with van der Waals surface area (Å²) in [4.78, 5) is 11.4. The Balaban J connectivity index is 3.07. The van der Waals surface area contributed by atoms with Gasteiger partial charge in [0.05, 0.1) is 18.3 Å². The van der Waals surface area contributed by atoms with Crippen molar-refractivity contribution in [3.8, 4) is 0 Å². The Kier molecular flexibility index (Phi) is 5.32. The number of methoxy groups -OCH3 is 1. The van der Waals surface area contributed by atoms with E-state index < -0.39 is 30.1 Å². The Morgan fingerprint density at radius 2 is 2.05 bits per heavy atom. The normalized spacial score (nSPS) is 39.4. The lowest BCUT2D eigenvalue weighted by Crippen LogP contribution is -2.49. The molecule has 1 rings (SSSR count). The van der Waals surface area contributed by atoms with Gasteiger partial charge < -0.3 is 24.8 Å². The maximum atomic E-state index is 11.4. The second-order valence-corrected chi connectivity index (χ2v) is 5.41. The van der Waals surface area contributed by atoms with E-state index >= 15 is 0 Å². The number of rotatable bonds is 4. The number of aliphatic hydroxyl groups is 2. The molecule has 1 saturated heterocycles. The molecule has 1 heterocycles. The summed E-state index contributed by atoms with van der Waals surface area (Å²) in [6.07, 6.45) is -1.57. The van der Waals surface area contributed by atoms with E-state index in [1.54, 1.807) is 20.8 Å². The van der Waals surface area contributed by atoms with Crippen molar-refractivity contribution in [2.24, 2.45) is 11.8 Å². The molecule has 6 nitrogen and oxygen atoms in total. The summed E-state index contributed by atoms with van der Waals surface area (Å²) in [5.74, 6) is -3.55. The van der Waals surface area contributed by atoms with Crippen molar-refractivity contribution < 1.29 is 29.6 Å². The highest BCUT2D eigenvalue weighted by atomic mass is 16.7. The Morgan fingerprint density at radius 3 is 2.47 bits per heavy atom. The van der Waals surface area contributed by atoms with Gasteiger partial charge in [-0.2, -0.15) is 0 Å². The second kappa shape index (κ2) is 6.17. The number of aliphatic carboxylic acids is 1. The van der Waals surface area contributed by atoms with Crippen LogP contribution in [0.4, 0.5) is 0 Å². The van der Waals surface area contributed by atoms with Crippen LogP contribution in [0.25, 0.3) is 0 Å². The zero-order valence-corrected chi connectivity index (χ0v) is 11.9. The fraction of sp³-hybridized carbons (Fsp3) is 0.923. The molecule has 0 aromatic heterocycles. The molecule has 6 heteroatoms. The lowest BCUT2D eigenvalue weighted by molar-refractivity contribution is -0.263. The summed E-state index contributed by atoms with van der Waals surface area (Å²) < 4.78 is 10.7.